The van der Waals surface area contributed by atoms with E-state index in [2.05, 4.69) is 0 Å². The number of halogens is 1. The molecule has 1 aliphatic carbocycles. The number of β-lactam (4-membered cyclic amide) rings is 1. The van der Waals surface area contributed by atoms with E-state index in [1.165, 1.54) is 6.07 Å². The number of benzene rings is 2. The van der Waals surface area contributed by atoms with E-state index in [1.54, 1.807) is 12.1 Å². The molecule has 2 nitrogen and oxygen atoms in total. The van der Waals surface area contributed by atoms with Crippen molar-refractivity contribution >= 4 is 12.0 Å². The summed E-state index contributed by atoms with van der Waals surface area (Å²) in [5, 5.41) is 0. The monoisotopic (exact) mass is 279 g/mol. The SMILES string of the molecule is O=C1N(Cc2ccccc2)CC12C=Cc1c(F)cccc12. The second-order valence-electron chi connectivity index (χ2n) is 5.65. The molecule has 4 rings (SSSR count). The highest BCUT2D eigenvalue weighted by atomic mass is 19.1. The number of nitrogens with zero attached hydrogens (tertiary/aromatic N) is 1. The highest BCUT2D eigenvalue weighted by Gasteiger charge is 2.54. The molecular weight excluding hydrogens is 265 g/mol. The number of rotatable bonds is 2. The first-order valence-corrected chi connectivity index (χ1v) is 7.02. The number of hydrogen-bond donors (Lipinski definition) is 0. The van der Waals surface area contributed by atoms with Crippen LogP contribution in [0.15, 0.2) is 54.6 Å². The predicted octanol–water partition coefficient (Wildman–Crippen LogP) is 3.13. The zero-order chi connectivity index (χ0) is 14.4. The minimum absolute atomic E-state index is 0.0620. The third-order valence-corrected chi connectivity index (χ3v) is 4.39. The maximum Gasteiger partial charge on any atom is 0.239 e. The molecule has 0 bridgehead atoms. The maximum atomic E-state index is 13.8. The first kappa shape index (κ1) is 12.3. The van der Waals surface area contributed by atoms with E-state index in [4.69, 9.17) is 0 Å². The van der Waals surface area contributed by atoms with Crippen LogP contribution in [0.25, 0.3) is 6.08 Å². The molecule has 0 radical (unpaired) electrons. The van der Waals surface area contributed by atoms with Crippen LogP contribution in [0.4, 0.5) is 4.39 Å². The second kappa shape index (κ2) is 4.29. The summed E-state index contributed by atoms with van der Waals surface area (Å²) >= 11 is 0. The van der Waals surface area contributed by atoms with Crippen molar-refractivity contribution in [2.75, 3.05) is 6.54 Å². The number of hydrogen-bond acceptors (Lipinski definition) is 1. The predicted molar refractivity (Wildman–Crippen MR) is 79.0 cm³/mol. The molecule has 0 N–H and O–H groups in total. The Hall–Kier alpha value is -2.42. The number of likely N-dealkylation sites (tertiary alicyclic amines) is 1. The Bertz CT molecular complexity index is 753. The zero-order valence-corrected chi connectivity index (χ0v) is 11.4. The van der Waals surface area contributed by atoms with E-state index in [-0.39, 0.29) is 11.7 Å². The molecule has 1 heterocycles. The highest BCUT2D eigenvalue weighted by molar-refractivity contribution is 6.00. The van der Waals surface area contributed by atoms with Gasteiger partial charge in [0.25, 0.3) is 0 Å². The van der Waals surface area contributed by atoms with Gasteiger partial charge in [-0.25, -0.2) is 4.39 Å². The van der Waals surface area contributed by atoms with Crippen molar-refractivity contribution in [2.24, 2.45) is 0 Å². The summed E-state index contributed by atoms with van der Waals surface area (Å²) < 4.78 is 13.8. The standard InChI is InChI=1S/C18H14FNO/c19-16-8-4-7-15-14(16)9-10-18(15)12-20(17(18)21)11-13-5-2-1-3-6-13/h1-10H,11-12H2. The third kappa shape index (κ3) is 1.67. The van der Waals surface area contributed by atoms with E-state index >= 15 is 0 Å². The molecule has 1 fully saturated rings. The minimum atomic E-state index is -0.633. The quantitative estimate of drug-likeness (QED) is 0.773. The van der Waals surface area contributed by atoms with Crippen LogP contribution in [0.2, 0.25) is 0 Å². The van der Waals surface area contributed by atoms with Gasteiger partial charge in [-0.1, -0.05) is 54.6 Å². The lowest BCUT2D eigenvalue weighted by atomic mass is 9.74. The zero-order valence-electron chi connectivity index (χ0n) is 11.4. The van der Waals surface area contributed by atoms with Crippen molar-refractivity contribution in [3.05, 3.63) is 77.1 Å². The van der Waals surface area contributed by atoms with Crippen LogP contribution in [0.1, 0.15) is 16.7 Å². The fraction of sp³-hybridized carbons (Fsp3) is 0.167. The summed E-state index contributed by atoms with van der Waals surface area (Å²) in [7, 11) is 0. The number of fused-ring (bicyclic) bond motifs is 2. The van der Waals surface area contributed by atoms with Crippen LogP contribution in [-0.2, 0) is 16.8 Å². The second-order valence-corrected chi connectivity index (χ2v) is 5.65. The molecule has 1 spiro atoms. The molecule has 2 aromatic carbocycles. The van der Waals surface area contributed by atoms with Gasteiger partial charge in [-0.15, -0.1) is 0 Å². The van der Waals surface area contributed by atoms with Gasteiger partial charge >= 0.3 is 0 Å². The molecule has 0 aromatic heterocycles. The summed E-state index contributed by atoms with van der Waals surface area (Å²) in [5.74, 6) is -0.193. The molecular formula is C18H14FNO. The van der Waals surface area contributed by atoms with Gasteiger partial charge in [-0.3, -0.25) is 4.79 Å². The Labute approximate surface area is 122 Å². The van der Waals surface area contributed by atoms with Crippen LogP contribution in [0, 0.1) is 5.82 Å². The average molecular weight is 279 g/mol. The Balaban J connectivity index is 1.61. The summed E-state index contributed by atoms with van der Waals surface area (Å²) in [5.41, 5.74) is 1.84. The topological polar surface area (TPSA) is 20.3 Å². The molecule has 1 amide bonds. The number of carbonyl (C=O) groups is 1. The van der Waals surface area contributed by atoms with Crippen LogP contribution < -0.4 is 0 Å². The van der Waals surface area contributed by atoms with E-state index in [0.717, 1.165) is 11.1 Å². The van der Waals surface area contributed by atoms with E-state index in [1.807, 2.05) is 47.4 Å². The Morgan fingerprint density at radius 2 is 1.90 bits per heavy atom. The van der Waals surface area contributed by atoms with Crippen molar-refractivity contribution in [3.63, 3.8) is 0 Å². The summed E-state index contributed by atoms with van der Waals surface area (Å²) in [4.78, 5) is 14.4. The molecule has 104 valence electrons. The van der Waals surface area contributed by atoms with Crippen LogP contribution in [0.5, 0.6) is 0 Å². The molecule has 2 aliphatic rings. The van der Waals surface area contributed by atoms with Crippen molar-refractivity contribution in [2.45, 2.75) is 12.0 Å². The summed E-state index contributed by atoms with van der Waals surface area (Å²) in [6, 6.07) is 14.9. The van der Waals surface area contributed by atoms with E-state index < -0.39 is 5.41 Å². The van der Waals surface area contributed by atoms with Crippen LogP contribution >= 0.6 is 0 Å². The fourth-order valence-corrected chi connectivity index (χ4v) is 3.30. The molecule has 21 heavy (non-hydrogen) atoms. The van der Waals surface area contributed by atoms with Crippen molar-refractivity contribution in [1.82, 2.24) is 4.90 Å². The van der Waals surface area contributed by atoms with Crippen LogP contribution in [-0.4, -0.2) is 17.4 Å². The lowest BCUT2D eigenvalue weighted by Gasteiger charge is -2.46. The normalized spacial score (nSPS) is 22.5. The van der Waals surface area contributed by atoms with E-state index in [0.29, 0.717) is 18.7 Å². The van der Waals surface area contributed by atoms with Gasteiger partial charge < -0.3 is 4.90 Å². The fourth-order valence-electron chi connectivity index (χ4n) is 3.30. The van der Waals surface area contributed by atoms with Crippen LogP contribution in [0.3, 0.4) is 0 Å². The van der Waals surface area contributed by atoms with Gasteiger partial charge in [0, 0.05) is 18.7 Å². The highest BCUT2D eigenvalue weighted by Crippen LogP contribution is 2.45. The Kier molecular flexibility index (Phi) is 2.52. The molecule has 3 heteroatoms. The average Bonchev–Trinajstić information content (AvgIpc) is 2.91. The van der Waals surface area contributed by atoms with Gasteiger partial charge in [-0.2, -0.15) is 0 Å². The van der Waals surface area contributed by atoms with Crippen molar-refractivity contribution in [1.29, 1.82) is 0 Å². The maximum absolute atomic E-state index is 13.8. The molecule has 1 unspecified atom stereocenters. The van der Waals surface area contributed by atoms with E-state index in [9.17, 15) is 9.18 Å². The number of amides is 1. The van der Waals surface area contributed by atoms with Gasteiger partial charge in [-0.05, 0) is 17.2 Å². The molecule has 1 saturated heterocycles. The van der Waals surface area contributed by atoms with Gasteiger partial charge in [0.05, 0.1) is 0 Å². The molecule has 1 atom stereocenters. The minimum Gasteiger partial charge on any atom is -0.336 e. The first-order chi connectivity index (χ1) is 10.2. The Morgan fingerprint density at radius 1 is 1.10 bits per heavy atom. The van der Waals surface area contributed by atoms with Gasteiger partial charge in [0.1, 0.15) is 11.2 Å². The van der Waals surface area contributed by atoms with Crippen molar-refractivity contribution < 1.29 is 9.18 Å². The van der Waals surface area contributed by atoms with Crippen molar-refractivity contribution in [3.8, 4) is 0 Å². The largest absolute Gasteiger partial charge is 0.336 e. The number of carbonyl (C=O) groups excluding carboxylic acids is 1. The lowest BCUT2D eigenvalue weighted by Crippen LogP contribution is -2.62. The molecule has 1 aliphatic heterocycles. The van der Waals surface area contributed by atoms with Gasteiger partial charge in [0.2, 0.25) is 5.91 Å². The smallest absolute Gasteiger partial charge is 0.239 e. The summed E-state index contributed by atoms with van der Waals surface area (Å²) in [6.07, 6.45) is 3.59. The molecule has 0 saturated carbocycles. The first-order valence-electron chi connectivity index (χ1n) is 7.02. The van der Waals surface area contributed by atoms with Gasteiger partial charge in [0.15, 0.2) is 0 Å². The molecule has 2 aromatic rings. The Morgan fingerprint density at radius 3 is 2.67 bits per heavy atom. The lowest BCUT2D eigenvalue weighted by molar-refractivity contribution is -0.148. The third-order valence-electron chi connectivity index (χ3n) is 4.39. The summed E-state index contributed by atoms with van der Waals surface area (Å²) in [6.45, 7) is 1.23.